The predicted molar refractivity (Wildman–Crippen MR) is 80.0 cm³/mol. The number of halogens is 2. The number of carbonyl (C=O) groups excluding carboxylic acids is 1. The second-order valence-electron chi connectivity index (χ2n) is 4.97. The van der Waals surface area contributed by atoms with E-state index in [2.05, 4.69) is 17.6 Å². The van der Waals surface area contributed by atoms with Crippen LogP contribution in [0.5, 0.6) is 0 Å². The first kappa shape index (κ1) is 14.6. The number of hydrogen-bond acceptors (Lipinski definition) is 2. The lowest BCUT2D eigenvalue weighted by Gasteiger charge is -2.27. The molecule has 1 fully saturated rings. The number of hydrogen-bond donors (Lipinski definition) is 2. The Kier molecular flexibility index (Phi) is 4.71. The molecule has 1 saturated heterocycles. The normalized spacial score (nSPS) is 22.5. The first-order valence-electron chi connectivity index (χ1n) is 6.58. The van der Waals surface area contributed by atoms with Crippen LogP contribution in [0.15, 0.2) is 18.2 Å². The smallest absolute Gasteiger partial charge is 0.244 e. The second-order valence-corrected chi connectivity index (χ2v) is 5.85. The molecular formula is C14H18Cl2N2O. The Morgan fingerprint density at radius 1 is 1.37 bits per heavy atom. The summed E-state index contributed by atoms with van der Waals surface area (Å²) in [7, 11) is 0. The zero-order valence-corrected chi connectivity index (χ0v) is 12.4. The molecule has 1 heterocycles. The van der Waals surface area contributed by atoms with E-state index in [0.29, 0.717) is 15.7 Å². The third-order valence-electron chi connectivity index (χ3n) is 3.48. The summed E-state index contributed by atoms with van der Waals surface area (Å²) in [4.78, 5) is 12.5. The molecule has 0 aromatic heterocycles. The van der Waals surface area contributed by atoms with Gasteiger partial charge in [-0.1, -0.05) is 36.5 Å². The lowest BCUT2D eigenvalue weighted by molar-refractivity contribution is -0.122. The molecular weight excluding hydrogens is 283 g/mol. The maximum atomic E-state index is 12.5. The summed E-state index contributed by atoms with van der Waals surface area (Å²) < 4.78 is 0. The molecule has 0 aliphatic carbocycles. The topological polar surface area (TPSA) is 41.1 Å². The Balaban J connectivity index is 2.14. The Morgan fingerprint density at radius 3 is 2.58 bits per heavy atom. The standard InChI is InChI=1S/C14H18Cl2N2O/c1-2-4-14(5-3-6-17-14)13(19)18-12-8-10(15)7-11(16)9-12/h7-9,17H,2-6H2,1H3,(H,18,19). The largest absolute Gasteiger partial charge is 0.324 e. The highest BCUT2D eigenvalue weighted by atomic mass is 35.5. The molecule has 1 aromatic rings. The SMILES string of the molecule is CCCC1(C(=O)Nc2cc(Cl)cc(Cl)c2)CCCN1. The van der Waals surface area contributed by atoms with Crippen LogP contribution in [0.2, 0.25) is 10.0 Å². The average molecular weight is 301 g/mol. The fourth-order valence-corrected chi connectivity index (χ4v) is 3.16. The quantitative estimate of drug-likeness (QED) is 0.886. The van der Waals surface area contributed by atoms with Gasteiger partial charge in [0.05, 0.1) is 5.54 Å². The van der Waals surface area contributed by atoms with E-state index in [9.17, 15) is 4.79 Å². The fourth-order valence-electron chi connectivity index (χ4n) is 2.63. The van der Waals surface area contributed by atoms with Crippen molar-refractivity contribution < 1.29 is 4.79 Å². The van der Waals surface area contributed by atoms with E-state index in [1.165, 1.54) is 0 Å². The molecule has 104 valence electrons. The van der Waals surface area contributed by atoms with Gasteiger partial charge in [-0.3, -0.25) is 4.79 Å². The van der Waals surface area contributed by atoms with Crippen LogP contribution in [0.1, 0.15) is 32.6 Å². The summed E-state index contributed by atoms with van der Waals surface area (Å²) in [5, 5.41) is 7.30. The molecule has 1 unspecified atom stereocenters. The van der Waals surface area contributed by atoms with Crippen molar-refractivity contribution >= 4 is 34.8 Å². The summed E-state index contributed by atoms with van der Waals surface area (Å²) in [5.74, 6) is 0.00480. The Morgan fingerprint density at radius 2 is 2.05 bits per heavy atom. The maximum Gasteiger partial charge on any atom is 0.244 e. The number of nitrogens with one attached hydrogen (secondary N) is 2. The minimum absolute atomic E-state index is 0.00480. The number of benzene rings is 1. The van der Waals surface area contributed by atoms with Gasteiger partial charge in [0.2, 0.25) is 5.91 Å². The lowest BCUT2D eigenvalue weighted by atomic mass is 9.91. The highest BCUT2D eigenvalue weighted by molar-refractivity contribution is 6.35. The van der Waals surface area contributed by atoms with Crippen LogP contribution in [-0.4, -0.2) is 18.0 Å². The first-order valence-corrected chi connectivity index (χ1v) is 7.34. The molecule has 2 N–H and O–H groups in total. The third-order valence-corrected chi connectivity index (χ3v) is 3.91. The number of rotatable bonds is 4. The number of amides is 1. The molecule has 1 aliphatic rings. The molecule has 19 heavy (non-hydrogen) atoms. The van der Waals surface area contributed by atoms with Gasteiger partial charge in [-0.2, -0.15) is 0 Å². The van der Waals surface area contributed by atoms with Crippen LogP contribution in [0.3, 0.4) is 0 Å². The van der Waals surface area contributed by atoms with Crippen LogP contribution >= 0.6 is 23.2 Å². The monoisotopic (exact) mass is 300 g/mol. The first-order chi connectivity index (χ1) is 9.05. The van der Waals surface area contributed by atoms with Crippen molar-refractivity contribution in [1.29, 1.82) is 0 Å². The van der Waals surface area contributed by atoms with Gasteiger partial charge in [-0.25, -0.2) is 0 Å². The summed E-state index contributed by atoms with van der Waals surface area (Å²) in [5.41, 5.74) is 0.204. The van der Waals surface area contributed by atoms with Crippen LogP contribution in [0, 0.1) is 0 Å². The van der Waals surface area contributed by atoms with Crippen LogP contribution in [-0.2, 0) is 4.79 Å². The molecule has 0 spiro atoms. The fraction of sp³-hybridized carbons (Fsp3) is 0.500. The van der Waals surface area contributed by atoms with E-state index in [1.807, 2.05) is 0 Å². The maximum absolute atomic E-state index is 12.5. The van der Waals surface area contributed by atoms with E-state index in [0.717, 1.165) is 32.2 Å². The van der Waals surface area contributed by atoms with Gasteiger partial charge in [0.25, 0.3) is 0 Å². The molecule has 1 aromatic carbocycles. The van der Waals surface area contributed by atoms with Crippen molar-refractivity contribution in [2.24, 2.45) is 0 Å². The molecule has 1 amide bonds. The van der Waals surface area contributed by atoms with Crippen molar-refractivity contribution in [1.82, 2.24) is 5.32 Å². The minimum atomic E-state index is -0.441. The zero-order valence-electron chi connectivity index (χ0n) is 10.9. The molecule has 2 rings (SSSR count). The second kappa shape index (κ2) is 6.12. The van der Waals surface area contributed by atoms with Gasteiger partial charge < -0.3 is 10.6 Å². The van der Waals surface area contributed by atoms with Gasteiger partial charge in [-0.15, -0.1) is 0 Å². The highest BCUT2D eigenvalue weighted by Crippen LogP contribution is 2.28. The number of carbonyl (C=O) groups is 1. The van der Waals surface area contributed by atoms with Crippen molar-refractivity contribution in [3.63, 3.8) is 0 Å². The molecule has 1 atom stereocenters. The molecule has 3 nitrogen and oxygen atoms in total. The molecule has 0 radical (unpaired) electrons. The Hall–Kier alpha value is -0.770. The van der Waals surface area contributed by atoms with Gasteiger partial charge in [0.15, 0.2) is 0 Å². The van der Waals surface area contributed by atoms with E-state index < -0.39 is 5.54 Å². The van der Waals surface area contributed by atoms with Gasteiger partial charge in [0.1, 0.15) is 0 Å². The van der Waals surface area contributed by atoms with E-state index in [1.54, 1.807) is 18.2 Å². The van der Waals surface area contributed by atoms with E-state index >= 15 is 0 Å². The molecule has 5 heteroatoms. The third kappa shape index (κ3) is 3.41. The summed E-state index contributed by atoms with van der Waals surface area (Å²) in [6.07, 6.45) is 3.72. The van der Waals surface area contributed by atoms with Gasteiger partial charge in [0, 0.05) is 15.7 Å². The van der Waals surface area contributed by atoms with Crippen molar-refractivity contribution in [2.45, 2.75) is 38.1 Å². The van der Waals surface area contributed by atoms with E-state index in [-0.39, 0.29) is 5.91 Å². The van der Waals surface area contributed by atoms with Crippen molar-refractivity contribution in [2.75, 3.05) is 11.9 Å². The van der Waals surface area contributed by atoms with Gasteiger partial charge in [-0.05, 0) is 44.0 Å². The Bertz CT molecular complexity index is 450. The van der Waals surface area contributed by atoms with Gasteiger partial charge >= 0.3 is 0 Å². The number of anilines is 1. The molecule has 0 bridgehead atoms. The molecule has 0 saturated carbocycles. The summed E-state index contributed by atoms with van der Waals surface area (Å²) in [6, 6.07) is 5.06. The minimum Gasteiger partial charge on any atom is -0.324 e. The Labute approximate surface area is 123 Å². The van der Waals surface area contributed by atoms with Crippen LogP contribution in [0.25, 0.3) is 0 Å². The summed E-state index contributed by atoms with van der Waals surface area (Å²) in [6.45, 7) is 2.98. The van der Waals surface area contributed by atoms with Crippen molar-refractivity contribution in [3.8, 4) is 0 Å². The lowest BCUT2D eigenvalue weighted by Crippen LogP contribution is -2.50. The summed E-state index contributed by atoms with van der Waals surface area (Å²) >= 11 is 11.9. The average Bonchev–Trinajstić information content (AvgIpc) is 2.78. The van der Waals surface area contributed by atoms with Crippen molar-refractivity contribution in [3.05, 3.63) is 28.2 Å². The van der Waals surface area contributed by atoms with Crippen LogP contribution in [0.4, 0.5) is 5.69 Å². The molecule has 1 aliphatic heterocycles. The predicted octanol–water partition coefficient (Wildman–Crippen LogP) is 3.85. The van der Waals surface area contributed by atoms with Crippen LogP contribution < -0.4 is 10.6 Å². The highest BCUT2D eigenvalue weighted by Gasteiger charge is 2.39. The zero-order chi connectivity index (χ0) is 13.9. The van der Waals surface area contributed by atoms with E-state index in [4.69, 9.17) is 23.2 Å².